The predicted molar refractivity (Wildman–Crippen MR) is 339 cm³/mol. The molecule has 0 heterocycles. The number of rotatable bonds is 57. The summed E-state index contributed by atoms with van der Waals surface area (Å²) < 4.78 is 16.9. The smallest absolute Gasteiger partial charge is 0.306 e. The second-order valence-electron chi connectivity index (χ2n) is 20.9. The molecule has 6 heteroatoms. The first kappa shape index (κ1) is 73.5. The molecule has 442 valence electrons. The lowest BCUT2D eigenvalue weighted by atomic mass is 10.0. The van der Waals surface area contributed by atoms with E-state index >= 15 is 0 Å². The molecule has 0 aromatic carbocycles. The van der Waals surface area contributed by atoms with Crippen LogP contribution in [0.1, 0.15) is 284 Å². The van der Waals surface area contributed by atoms with Gasteiger partial charge in [-0.05, 0) is 128 Å². The van der Waals surface area contributed by atoms with Gasteiger partial charge in [0.15, 0.2) is 6.10 Å². The molecule has 0 aromatic rings. The quantitative estimate of drug-likeness (QED) is 0.0261. The molecule has 0 radical (unpaired) electrons. The number of esters is 3. The molecule has 0 rings (SSSR count). The van der Waals surface area contributed by atoms with Gasteiger partial charge < -0.3 is 14.2 Å². The average Bonchev–Trinajstić information content (AvgIpc) is 3.44. The summed E-state index contributed by atoms with van der Waals surface area (Å²) in [5, 5.41) is 0. The average molecular weight is 1080 g/mol. The van der Waals surface area contributed by atoms with E-state index in [1.165, 1.54) is 89.9 Å². The molecule has 0 fully saturated rings. The van der Waals surface area contributed by atoms with E-state index in [9.17, 15) is 14.4 Å². The Morgan fingerprint density at radius 3 is 0.782 bits per heavy atom. The van der Waals surface area contributed by atoms with E-state index in [2.05, 4.69) is 154 Å². The zero-order valence-corrected chi connectivity index (χ0v) is 50.6. The van der Waals surface area contributed by atoms with Crippen LogP contribution in [0.3, 0.4) is 0 Å². The van der Waals surface area contributed by atoms with Crippen LogP contribution >= 0.6 is 0 Å². The fourth-order valence-corrected chi connectivity index (χ4v) is 8.59. The van der Waals surface area contributed by atoms with Gasteiger partial charge in [-0.25, -0.2) is 0 Å². The third kappa shape index (κ3) is 62.4. The summed E-state index contributed by atoms with van der Waals surface area (Å²) >= 11 is 0. The molecule has 0 aliphatic heterocycles. The van der Waals surface area contributed by atoms with Crippen LogP contribution in [0.2, 0.25) is 0 Å². The second kappa shape index (κ2) is 65.1. The van der Waals surface area contributed by atoms with Crippen LogP contribution in [0, 0.1) is 0 Å². The van der Waals surface area contributed by atoms with Crippen molar-refractivity contribution < 1.29 is 28.6 Å². The van der Waals surface area contributed by atoms with Crippen molar-refractivity contribution in [1.29, 1.82) is 0 Å². The van der Waals surface area contributed by atoms with Crippen LogP contribution in [-0.4, -0.2) is 37.2 Å². The summed E-state index contributed by atoms with van der Waals surface area (Å²) in [6, 6.07) is 0. The lowest BCUT2D eigenvalue weighted by Gasteiger charge is -2.18. The van der Waals surface area contributed by atoms with Gasteiger partial charge in [0.05, 0.1) is 0 Å². The van der Waals surface area contributed by atoms with Crippen LogP contribution in [-0.2, 0) is 28.6 Å². The Balaban J connectivity index is 4.37. The minimum Gasteiger partial charge on any atom is -0.462 e. The summed E-state index contributed by atoms with van der Waals surface area (Å²) in [5.74, 6) is -0.922. The van der Waals surface area contributed by atoms with Crippen molar-refractivity contribution in [3.63, 3.8) is 0 Å². The molecule has 6 nitrogen and oxygen atoms in total. The van der Waals surface area contributed by atoms with Gasteiger partial charge in [0, 0.05) is 19.3 Å². The maximum atomic E-state index is 12.9. The highest BCUT2D eigenvalue weighted by molar-refractivity contribution is 5.71. The maximum Gasteiger partial charge on any atom is 0.306 e. The van der Waals surface area contributed by atoms with Crippen molar-refractivity contribution in [2.45, 2.75) is 290 Å². The van der Waals surface area contributed by atoms with E-state index in [1.54, 1.807) is 0 Å². The van der Waals surface area contributed by atoms with Crippen molar-refractivity contribution in [3.8, 4) is 0 Å². The van der Waals surface area contributed by atoms with E-state index in [4.69, 9.17) is 14.2 Å². The minimum absolute atomic E-state index is 0.0932. The van der Waals surface area contributed by atoms with Crippen LogP contribution < -0.4 is 0 Å². The van der Waals surface area contributed by atoms with Gasteiger partial charge in [0.25, 0.3) is 0 Å². The van der Waals surface area contributed by atoms with Gasteiger partial charge in [-0.1, -0.05) is 270 Å². The highest BCUT2D eigenvalue weighted by atomic mass is 16.6. The molecule has 0 aromatic heterocycles. The number of hydrogen-bond acceptors (Lipinski definition) is 6. The molecule has 0 saturated carbocycles. The first-order chi connectivity index (χ1) is 38.5. The third-order valence-electron chi connectivity index (χ3n) is 13.4. The molecular formula is C72H118O6. The van der Waals surface area contributed by atoms with Crippen molar-refractivity contribution >= 4 is 17.9 Å². The van der Waals surface area contributed by atoms with Crippen LogP contribution in [0.25, 0.3) is 0 Å². The lowest BCUT2D eigenvalue weighted by molar-refractivity contribution is -0.167. The molecule has 0 aliphatic carbocycles. The van der Waals surface area contributed by atoms with Crippen molar-refractivity contribution in [3.05, 3.63) is 134 Å². The highest BCUT2D eigenvalue weighted by Gasteiger charge is 2.19. The number of ether oxygens (including phenoxy) is 3. The molecule has 78 heavy (non-hydrogen) atoms. The Labute approximate surface area is 481 Å². The Morgan fingerprint density at radius 1 is 0.269 bits per heavy atom. The first-order valence-electron chi connectivity index (χ1n) is 32.2. The fourth-order valence-electron chi connectivity index (χ4n) is 8.59. The molecule has 1 atom stereocenters. The summed E-state index contributed by atoms with van der Waals surface area (Å²) in [5.41, 5.74) is 0. The zero-order chi connectivity index (χ0) is 56.4. The highest BCUT2D eigenvalue weighted by Crippen LogP contribution is 2.15. The topological polar surface area (TPSA) is 78.9 Å². The maximum absolute atomic E-state index is 12.9. The van der Waals surface area contributed by atoms with Crippen molar-refractivity contribution in [1.82, 2.24) is 0 Å². The van der Waals surface area contributed by atoms with Gasteiger partial charge in [-0.15, -0.1) is 0 Å². The van der Waals surface area contributed by atoms with Crippen molar-refractivity contribution in [2.75, 3.05) is 13.2 Å². The molecular weight excluding hydrogens is 961 g/mol. The van der Waals surface area contributed by atoms with Gasteiger partial charge in [0.1, 0.15) is 13.2 Å². The Hall–Kier alpha value is -4.45. The van der Waals surface area contributed by atoms with E-state index in [-0.39, 0.29) is 31.1 Å². The third-order valence-corrected chi connectivity index (χ3v) is 13.4. The van der Waals surface area contributed by atoms with Gasteiger partial charge in [-0.2, -0.15) is 0 Å². The minimum atomic E-state index is -0.799. The molecule has 1 unspecified atom stereocenters. The Bertz CT molecular complexity index is 1670. The number of hydrogen-bond donors (Lipinski definition) is 0. The van der Waals surface area contributed by atoms with E-state index in [0.29, 0.717) is 19.3 Å². The Kier molecular flexibility index (Phi) is 61.4. The second-order valence-corrected chi connectivity index (χ2v) is 20.9. The van der Waals surface area contributed by atoms with Gasteiger partial charge in [0.2, 0.25) is 0 Å². The molecule has 0 N–H and O–H groups in total. The number of carbonyl (C=O) groups is 3. The number of allylic oxidation sites excluding steroid dienone is 22. The van der Waals surface area contributed by atoms with E-state index < -0.39 is 6.10 Å². The molecule has 0 aliphatic rings. The summed E-state index contributed by atoms with van der Waals surface area (Å²) in [4.78, 5) is 38.3. The molecule has 0 bridgehead atoms. The zero-order valence-electron chi connectivity index (χ0n) is 50.6. The summed E-state index contributed by atoms with van der Waals surface area (Å²) in [7, 11) is 0. The first-order valence-corrected chi connectivity index (χ1v) is 32.2. The van der Waals surface area contributed by atoms with Crippen molar-refractivity contribution in [2.24, 2.45) is 0 Å². The standard InChI is InChI=1S/C72H118O6/c1-4-7-10-13-16-19-22-25-28-30-32-33-34-35-36-37-38-39-41-42-44-47-50-53-56-59-62-65-71(74)77-68-69(67-76-70(73)64-61-58-55-52-49-46-27-24-21-18-15-12-9-6-3)78-72(75)66-63-60-57-54-51-48-45-43-40-31-29-26-23-20-17-14-11-8-5-2/h7-8,10-11,15-20,24-29,32-33,35-36,40,43,69H,4-6,9,12-14,21-23,30-31,34,37-39,41-42,44-68H2,1-3H3/b10-7-,11-8-,18-15-,19-16-,20-17-,27-24-,28-25-,29-26-,33-32-,36-35-,43-40-. The molecule has 0 amide bonds. The normalized spacial score (nSPS) is 13.0. The van der Waals surface area contributed by atoms with Crippen LogP contribution in [0.15, 0.2) is 134 Å². The number of unbranched alkanes of at least 4 members (excludes halogenated alkanes) is 24. The monoisotopic (exact) mass is 1080 g/mol. The fraction of sp³-hybridized carbons (Fsp3) is 0.653. The van der Waals surface area contributed by atoms with Crippen LogP contribution in [0.4, 0.5) is 0 Å². The summed E-state index contributed by atoms with van der Waals surface area (Å²) in [6.07, 6.45) is 91.7. The van der Waals surface area contributed by atoms with Crippen LogP contribution in [0.5, 0.6) is 0 Å². The molecule has 0 saturated heterocycles. The summed E-state index contributed by atoms with van der Waals surface area (Å²) in [6.45, 7) is 6.36. The van der Waals surface area contributed by atoms with Gasteiger partial charge >= 0.3 is 17.9 Å². The lowest BCUT2D eigenvalue weighted by Crippen LogP contribution is -2.30. The predicted octanol–water partition coefficient (Wildman–Crippen LogP) is 22.2. The Morgan fingerprint density at radius 2 is 0.500 bits per heavy atom. The van der Waals surface area contributed by atoms with Gasteiger partial charge in [-0.3, -0.25) is 14.4 Å². The number of carbonyl (C=O) groups excluding carboxylic acids is 3. The molecule has 0 spiro atoms. The van der Waals surface area contributed by atoms with E-state index in [1.807, 2.05) is 0 Å². The van der Waals surface area contributed by atoms with E-state index in [0.717, 1.165) is 154 Å². The largest absolute Gasteiger partial charge is 0.462 e. The SMILES string of the molecule is CC/C=C\C/C=C\C/C=C\C/C=C\C/C=C\CCCCCCCCCCCCCC(=O)OCC(COC(=O)CCCCCCC/C=C\C/C=C\CCCC)OC(=O)CCCCCCCC/C=C\C/C=C\C/C=C\C/C=C\CC.